The van der Waals surface area contributed by atoms with Crippen LogP contribution in [0, 0.1) is 0 Å². The number of benzene rings is 1. The highest BCUT2D eigenvalue weighted by molar-refractivity contribution is 6.28. The largest absolute Gasteiger partial charge is 0.296 e. The summed E-state index contributed by atoms with van der Waals surface area (Å²) in [5, 5.41) is 8.84. The van der Waals surface area contributed by atoms with E-state index in [-0.39, 0.29) is 11.0 Å². The molecule has 2 aromatic rings. The van der Waals surface area contributed by atoms with E-state index in [0.29, 0.717) is 5.28 Å². The molecule has 1 aromatic heterocycles. The molecule has 21 heavy (non-hydrogen) atoms. The average molecular weight is 306 g/mol. The first-order valence-electron chi connectivity index (χ1n) is 7.37. The van der Waals surface area contributed by atoms with Crippen molar-refractivity contribution in [1.82, 2.24) is 14.8 Å². The molecule has 0 saturated carbocycles. The molecule has 4 heteroatoms. The molecule has 0 aliphatic heterocycles. The highest BCUT2D eigenvalue weighted by Gasteiger charge is 2.31. The molecule has 3 nitrogen and oxygen atoms in total. The third kappa shape index (κ3) is 3.65. The Bertz CT molecular complexity index is 594. The van der Waals surface area contributed by atoms with Crippen molar-refractivity contribution in [3.63, 3.8) is 0 Å². The Balaban J connectivity index is 2.25. The van der Waals surface area contributed by atoms with Gasteiger partial charge in [-0.2, -0.15) is 0 Å². The summed E-state index contributed by atoms with van der Waals surface area (Å²) in [7, 11) is 0. The Hall–Kier alpha value is -1.35. The van der Waals surface area contributed by atoms with Gasteiger partial charge in [0.15, 0.2) is 0 Å². The van der Waals surface area contributed by atoms with Crippen molar-refractivity contribution in [1.29, 1.82) is 0 Å². The second-order valence-electron chi connectivity index (χ2n) is 7.18. The lowest BCUT2D eigenvalue weighted by Gasteiger charge is -2.32. The molecule has 0 aliphatic rings. The molecule has 1 aromatic carbocycles. The maximum atomic E-state index is 6.31. The van der Waals surface area contributed by atoms with Gasteiger partial charge in [-0.15, -0.1) is 10.2 Å². The molecule has 2 rings (SSSR count). The Kier molecular flexibility index (Phi) is 4.43. The number of hydrogen-bond donors (Lipinski definition) is 0. The van der Waals surface area contributed by atoms with Crippen LogP contribution in [0.25, 0.3) is 0 Å². The van der Waals surface area contributed by atoms with Gasteiger partial charge in [-0.25, -0.2) is 0 Å². The minimum Gasteiger partial charge on any atom is -0.296 e. The van der Waals surface area contributed by atoms with Crippen molar-refractivity contribution in [3.05, 3.63) is 47.0 Å². The lowest BCUT2D eigenvalue weighted by atomic mass is 9.91. The molecule has 0 saturated heterocycles. The van der Waals surface area contributed by atoms with Gasteiger partial charge in [-0.05, 0) is 43.9 Å². The summed E-state index contributed by atoms with van der Waals surface area (Å²) in [4.78, 5) is 0. The molecular weight excluding hydrogens is 282 g/mol. The first-order valence-corrected chi connectivity index (χ1v) is 7.75. The number of aromatic nitrogens is 3. The Morgan fingerprint density at radius 2 is 1.62 bits per heavy atom. The quantitative estimate of drug-likeness (QED) is 0.826. The number of hydrogen-bond acceptors (Lipinski definition) is 2. The van der Waals surface area contributed by atoms with Crippen molar-refractivity contribution < 1.29 is 0 Å². The van der Waals surface area contributed by atoms with Gasteiger partial charge in [0.2, 0.25) is 5.28 Å². The molecular formula is C17H24ClN3. The van der Waals surface area contributed by atoms with Crippen LogP contribution in [0.5, 0.6) is 0 Å². The molecule has 0 radical (unpaired) electrons. The number of halogens is 1. The van der Waals surface area contributed by atoms with E-state index in [1.807, 2.05) is 6.07 Å². The summed E-state index contributed by atoms with van der Waals surface area (Å²) in [6, 6.07) is 10.5. The fourth-order valence-corrected chi connectivity index (χ4v) is 2.84. The van der Waals surface area contributed by atoms with Gasteiger partial charge >= 0.3 is 0 Å². The van der Waals surface area contributed by atoms with E-state index >= 15 is 0 Å². The van der Waals surface area contributed by atoms with Gasteiger partial charge in [-0.1, -0.05) is 51.1 Å². The van der Waals surface area contributed by atoms with Crippen molar-refractivity contribution in [3.8, 4) is 0 Å². The third-order valence-electron chi connectivity index (χ3n) is 3.77. The standard InChI is InChI=1S/C17H24ClN3/c1-16(2,3)14-19-20-15(18)21(14)17(4,5)12-11-13-9-7-6-8-10-13/h6-10H,11-12H2,1-5H3. The van der Waals surface area contributed by atoms with E-state index in [1.165, 1.54) is 5.56 Å². The molecule has 0 aliphatic carbocycles. The molecule has 0 fully saturated rings. The van der Waals surface area contributed by atoms with E-state index in [4.69, 9.17) is 11.6 Å². The Morgan fingerprint density at radius 1 is 1.00 bits per heavy atom. The lowest BCUT2D eigenvalue weighted by molar-refractivity contribution is 0.301. The Labute approximate surface area is 132 Å². The smallest absolute Gasteiger partial charge is 0.225 e. The zero-order chi connectivity index (χ0) is 15.7. The van der Waals surface area contributed by atoms with Crippen LogP contribution in [0.3, 0.4) is 0 Å². The van der Waals surface area contributed by atoms with Crippen molar-refractivity contribution in [2.45, 2.75) is 58.4 Å². The van der Waals surface area contributed by atoms with Crippen LogP contribution in [0.15, 0.2) is 30.3 Å². The van der Waals surface area contributed by atoms with E-state index in [1.54, 1.807) is 0 Å². The fourth-order valence-electron chi connectivity index (χ4n) is 2.49. The van der Waals surface area contributed by atoms with E-state index < -0.39 is 0 Å². The molecule has 0 spiro atoms. The van der Waals surface area contributed by atoms with Crippen molar-refractivity contribution in [2.75, 3.05) is 0 Å². The van der Waals surface area contributed by atoms with Crippen LogP contribution < -0.4 is 0 Å². The van der Waals surface area contributed by atoms with E-state index in [2.05, 4.69) is 73.6 Å². The maximum absolute atomic E-state index is 6.31. The molecule has 1 heterocycles. The second-order valence-corrected chi connectivity index (χ2v) is 7.51. The van der Waals surface area contributed by atoms with Gasteiger partial charge in [0.25, 0.3) is 0 Å². The minimum atomic E-state index is -0.126. The summed E-state index contributed by atoms with van der Waals surface area (Å²) < 4.78 is 2.08. The first kappa shape index (κ1) is 16.0. The first-order chi connectivity index (χ1) is 9.72. The molecule has 0 bridgehead atoms. The predicted molar refractivity (Wildman–Crippen MR) is 87.8 cm³/mol. The number of aryl methyl sites for hydroxylation is 1. The summed E-state index contributed by atoms with van der Waals surface area (Å²) in [5.74, 6) is 0.936. The van der Waals surface area contributed by atoms with Crippen LogP contribution in [-0.2, 0) is 17.4 Å². The minimum absolute atomic E-state index is 0.0792. The normalized spacial score (nSPS) is 12.7. The van der Waals surface area contributed by atoms with Crippen molar-refractivity contribution >= 4 is 11.6 Å². The van der Waals surface area contributed by atoms with Crippen LogP contribution in [0.2, 0.25) is 5.28 Å². The van der Waals surface area contributed by atoms with Crippen molar-refractivity contribution in [2.24, 2.45) is 0 Å². The monoisotopic (exact) mass is 305 g/mol. The van der Waals surface area contributed by atoms with Gasteiger partial charge in [0.05, 0.1) is 0 Å². The van der Waals surface area contributed by atoms with Crippen LogP contribution >= 0.6 is 11.6 Å². The highest BCUT2D eigenvalue weighted by Crippen LogP contribution is 2.32. The summed E-state index contributed by atoms with van der Waals surface area (Å²) in [5.41, 5.74) is 1.13. The van der Waals surface area contributed by atoms with Gasteiger partial charge in [0, 0.05) is 11.0 Å². The summed E-state index contributed by atoms with van der Waals surface area (Å²) in [6.45, 7) is 10.8. The van der Waals surface area contributed by atoms with Crippen LogP contribution in [0.1, 0.15) is 52.4 Å². The molecule has 0 N–H and O–H groups in total. The lowest BCUT2D eigenvalue weighted by Crippen LogP contribution is -2.33. The van der Waals surface area contributed by atoms with E-state index in [9.17, 15) is 0 Å². The van der Waals surface area contributed by atoms with Gasteiger partial charge < -0.3 is 0 Å². The molecule has 0 unspecified atom stereocenters. The van der Waals surface area contributed by atoms with Gasteiger partial charge in [-0.3, -0.25) is 4.57 Å². The topological polar surface area (TPSA) is 30.7 Å². The Morgan fingerprint density at radius 3 is 2.19 bits per heavy atom. The van der Waals surface area contributed by atoms with Crippen LogP contribution in [-0.4, -0.2) is 14.8 Å². The number of rotatable bonds is 4. The zero-order valence-electron chi connectivity index (χ0n) is 13.5. The highest BCUT2D eigenvalue weighted by atomic mass is 35.5. The average Bonchev–Trinajstić information content (AvgIpc) is 2.80. The second kappa shape index (κ2) is 5.80. The predicted octanol–water partition coefficient (Wildman–Crippen LogP) is 4.60. The summed E-state index contributed by atoms with van der Waals surface area (Å²) in [6.07, 6.45) is 1.99. The SMILES string of the molecule is CC(C)(C)c1nnc(Cl)n1C(C)(C)CCc1ccccc1. The third-order valence-corrected chi connectivity index (χ3v) is 4.01. The molecule has 114 valence electrons. The summed E-state index contributed by atoms with van der Waals surface area (Å²) >= 11 is 6.31. The molecule has 0 amide bonds. The zero-order valence-corrected chi connectivity index (χ0v) is 14.3. The van der Waals surface area contributed by atoms with E-state index in [0.717, 1.165) is 18.7 Å². The fraction of sp³-hybridized carbons (Fsp3) is 0.529. The maximum Gasteiger partial charge on any atom is 0.225 e. The number of nitrogens with zero attached hydrogens (tertiary/aromatic N) is 3. The van der Waals surface area contributed by atoms with Gasteiger partial charge in [0.1, 0.15) is 5.82 Å². The molecule has 0 atom stereocenters. The van der Waals surface area contributed by atoms with Crippen LogP contribution in [0.4, 0.5) is 0 Å².